The highest BCUT2D eigenvalue weighted by Gasteiger charge is 2.18. The van der Waals surface area contributed by atoms with Crippen LogP contribution in [0.4, 0.5) is 0 Å². The van der Waals surface area contributed by atoms with Crippen molar-refractivity contribution in [2.75, 3.05) is 32.7 Å². The highest BCUT2D eigenvalue weighted by atomic mass is 16.2. The van der Waals surface area contributed by atoms with Crippen molar-refractivity contribution >= 4 is 5.91 Å². The molecular formula is C16H26N4O. The van der Waals surface area contributed by atoms with Crippen molar-refractivity contribution < 1.29 is 4.79 Å². The highest BCUT2D eigenvalue weighted by molar-refractivity contribution is 5.75. The Morgan fingerprint density at radius 1 is 1.24 bits per heavy atom. The summed E-state index contributed by atoms with van der Waals surface area (Å²) in [6.07, 6.45) is 7.98. The molecule has 1 aliphatic rings. The number of carbonyl (C=O) groups excluding carboxylic acids is 1. The third-order valence-corrected chi connectivity index (χ3v) is 3.80. The van der Waals surface area contributed by atoms with Crippen LogP contribution in [0.25, 0.3) is 0 Å². The molecule has 2 rings (SSSR count). The van der Waals surface area contributed by atoms with Crippen molar-refractivity contribution in [1.29, 1.82) is 0 Å². The third-order valence-electron chi connectivity index (χ3n) is 3.80. The molecule has 0 atom stereocenters. The van der Waals surface area contributed by atoms with E-state index in [2.05, 4.69) is 29.9 Å². The number of amides is 1. The van der Waals surface area contributed by atoms with Crippen LogP contribution >= 0.6 is 0 Å². The maximum Gasteiger partial charge on any atom is 0.244 e. The summed E-state index contributed by atoms with van der Waals surface area (Å²) in [6.45, 7) is 9.46. The summed E-state index contributed by atoms with van der Waals surface area (Å²) in [5, 5.41) is 4.10. The number of allylic oxidation sites excluding steroid dienone is 1. The molecule has 5 heteroatoms. The van der Waals surface area contributed by atoms with Gasteiger partial charge in [0.1, 0.15) is 6.54 Å². The highest BCUT2D eigenvalue weighted by Crippen LogP contribution is 2.06. The SMILES string of the molecule is CC(C)=CCCN1CCCN(C(=O)Cn2cccn2)CC1. The van der Waals surface area contributed by atoms with Gasteiger partial charge >= 0.3 is 0 Å². The predicted molar refractivity (Wildman–Crippen MR) is 83.9 cm³/mol. The van der Waals surface area contributed by atoms with E-state index >= 15 is 0 Å². The van der Waals surface area contributed by atoms with E-state index < -0.39 is 0 Å². The molecule has 116 valence electrons. The molecule has 1 aromatic rings. The van der Waals surface area contributed by atoms with Crippen LogP contribution in [-0.2, 0) is 11.3 Å². The first-order valence-electron chi connectivity index (χ1n) is 7.76. The Morgan fingerprint density at radius 3 is 2.81 bits per heavy atom. The molecule has 1 aromatic heterocycles. The Hall–Kier alpha value is -1.62. The minimum Gasteiger partial charge on any atom is -0.340 e. The molecule has 0 bridgehead atoms. The van der Waals surface area contributed by atoms with Gasteiger partial charge in [-0.15, -0.1) is 0 Å². The summed E-state index contributed by atoms with van der Waals surface area (Å²) in [4.78, 5) is 16.7. The van der Waals surface area contributed by atoms with E-state index in [1.54, 1.807) is 10.9 Å². The summed E-state index contributed by atoms with van der Waals surface area (Å²) in [5.41, 5.74) is 1.38. The maximum absolute atomic E-state index is 12.3. The number of carbonyl (C=O) groups is 1. The molecule has 1 fully saturated rings. The van der Waals surface area contributed by atoms with E-state index in [1.807, 2.05) is 17.2 Å². The van der Waals surface area contributed by atoms with Crippen LogP contribution in [-0.4, -0.2) is 58.2 Å². The Balaban J connectivity index is 1.77. The van der Waals surface area contributed by atoms with Crippen LogP contribution in [0.5, 0.6) is 0 Å². The number of hydrogen-bond acceptors (Lipinski definition) is 3. The number of rotatable bonds is 5. The lowest BCUT2D eigenvalue weighted by molar-refractivity contribution is -0.131. The Labute approximate surface area is 127 Å². The first-order chi connectivity index (χ1) is 10.1. The van der Waals surface area contributed by atoms with Crippen molar-refractivity contribution in [3.8, 4) is 0 Å². The molecule has 1 amide bonds. The monoisotopic (exact) mass is 290 g/mol. The summed E-state index contributed by atoms with van der Waals surface area (Å²) in [5.74, 6) is 0.171. The molecule has 0 aromatic carbocycles. The first kappa shape index (κ1) is 15.8. The minimum atomic E-state index is 0.171. The average molecular weight is 290 g/mol. The fraction of sp³-hybridized carbons (Fsp3) is 0.625. The van der Waals surface area contributed by atoms with E-state index in [9.17, 15) is 4.79 Å². The summed E-state index contributed by atoms with van der Waals surface area (Å²) in [7, 11) is 0. The Kier molecular flexibility index (Phi) is 5.99. The molecule has 5 nitrogen and oxygen atoms in total. The van der Waals surface area contributed by atoms with Crippen LogP contribution in [0.3, 0.4) is 0 Å². The minimum absolute atomic E-state index is 0.171. The van der Waals surface area contributed by atoms with Gasteiger partial charge in [-0.2, -0.15) is 5.10 Å². The lowest BCUT2D eigenvalue weighted by Crippen LogP contribution is -2.37. The van der Waals surface area contributed by atoms with E-state index in [0.29, 0.717) is 6.54 Å². The Bertz CT molecular complexity index is 463. The molecule has 0 saturated carbocycles. The fourth-order valence-corrected chi connectivity index (χ4v) is 2.61. The van der Waals surface area contributed by atoms with Gasteiger partial charge in [-0.25, -0.2) is 0 Å². The van der Waals surface area contributed by atoms with Gasteiger partial charge in [0.25, 0.3) is 0 Å². The molecule has 0 aliphatic carbocycles. The largest absolute Gasteiger partial charge is 0.340 e. The molecule has 0 spiro atoms. The van der Waals surface area contributed by atoms with Crippen molar-refractivity contribution in [3.05, 3.63) is 30.1 Å². The van der Waals surface area contributed by atoms with Crippen LogP contribution in [0, 0.1) is 0 Å². The van der Waals surface area contributed by atoms with E-state index in [4.69, 9.17) is 0 Å². The number of nitrogens with zero attached hydrogens (tertiary/aromatic N) is 4. The van der Waals surface area contributed by atoms with Crippen molar-refractivity contribution in [3.63, 3.8) is 0 Å². The van der Waals surface area contributed by atoms with E-state index in [0.717, 1.165) is 45.6 Å². The Morgan fingerprint density at radius 2 is 2.10 bits per heavy atom. The van der Waals surface area contributed by atoms with E-state index in [1.165, 1.54) is 5.57 Å². The van der Waals surface area contributed by atoms with Gasteiger partial charge in [-0.05, 0) is 39.3 Å². The van der Waals surface area contributed by atoms with Gasteiger partial charge in [0.05, 0.1) is 0 Å². The van der Waals surface area contributed by atoms with E-state index in [-0.39, 0.29) is 5.91 Å². The fourth-order valence-electron chi connectivity index (χ4n) is 2.61. The quantitative estimate of drug-likeness (QED) is 0.776. The summed E-state index contributed by atoms with van der Waals surface area (Å²) in [6, 6.07) is 1.85. The third kappa shape index (κ3) is 5.34. The average Bonchev–Trinajstić information content (AvgIpc) is 2.82. The molecule has 21 heavy (non-hydrogen) atoms. The topological polar surface area (TPSA) is 41.4 Å². The smallest absolute Gasteiger partial charge is 0.244 e. The second-order valence-corrected chi connectivity index (χ2v) is 5.85. The normalized spacial score (nSPS) is 16.6. The second-order valence-electron chi connectivity index (χ2n) is 5.85. The second kappa shape index (κ2) is 7.98. The van der Waals surface area contributed by atoms with Crippen LogP contribution in [0.15, 0.2) is 30.1 Å². The lowest BCUT2D eigenvalue weighted by Gasteiger charge is -2.21. The standard InChI is InChI=1S/C16H26N4O/c1-15(2)6-3-8-18-9-5-10-19(13-12-18)16(21)14-20-11-4-7-17-20/h4,6-7,11H,3,5,8-10,12-14H2,1-2H3. The molecule has 1 saturated heterocycles. The van der Waals surface area contributed by atoms with Gasteiger partial charge in [-0.1, -0.05) is 11.6 Å². The van der Waals surface area contributed by atoms with Crippen LogP contribution in [0.1, 0.15) is 26.7 Å². The van der Waals surface area contributed by atoms with Crippen molar-refractivity contribution in [2.45, 2.75) is 33.2 Å². The maximum atomic E-state index is 12.3. The molecule has 1 aliphatic heterocycles. The molecule has 2 heterocycles. The summed E-state index contributed by atoms with van der Waals surface area (Å²) >= 11 is 0. The van der Waals surface area contributed by atoms with Crippen LogP contribution in [0.2, 0.25) is 0 Å². The van der Waals surface area contributed by atoms with Crippen molar-refractivity contribution in [2.24, 2.45) is 0 Å². The zero-order chi connectivity index (χ0) is 15.1. The van der Waals surface area contributed by atoms with Gasteiger partial charge in [-0.3, -0.25) is 9.48 Å². The lowest BCUT2D eigenvalue weighted by atomic mass is 10.2. The number of aromatic nitrogens is 2. The van der Waals surface area contributed by atoms with Gasteiger partial charge < -0.3 is 9.80 Å². The zero-order valence-corrected chi connectivity index (χ0v) is 13.2. The predicted octanol–water partition coefficient (Wildman–Crippen LogP) is 1.77. The number of hydrogen-bond donors (Lipinski definition) is 0. The van der Waals surface area contributed by atoms with Gasteiger partial charge in [0.15, 0.2) is 0 Å². The summed E-state index contributed by atoms with van der Waals surface area (Å²) < 4.78 is 1.69. The van der Waals surface area contributed by atoms with Gasteiger partial charge in [0, 0.05) is 38.6 Å². The molecule has 0 N–H and O–H groups in total. The van der Waals surface area contributed by atoms with Crippen LogP contribution < -0.4 is 0 Å². The molecule has 0 radical (unpaired) electrons. The first-order valence-corrected chi connectivity index (χ1v) is 7.76. The zero-order valence-electron chi connectivity index (χ0n) is 13.2. The van der Waals surface area contributed by atoms with Crippen molar-refractivity contribution in [1.82, 2.24) is 19.6 Å². The van der Waals surface area contributed by atoms with Gasteiger partial charge in [0.2, 0.25) is 5.91 Å². The molecular weight excluding hydrogens is 264 g/mol. The molecule has 0 unspecified atom stereocenters.